The molecule has 2 atom stereocenters. The van der Waals surface area contributed by atoms with E-state index >= 15 is 0 Å². The lowest BCUT2D eigenvalue weighted by Gasteiger charge is -2.50. The van der Waals surface area contributed by atoms with Gasteiger partial charge in [0.25, 0.3) is 11.8 Å². The molecule has 1 saturated heterocycles. The first-order valence-corrected chi connectivity index (χ1v) is 12.9. The van der Waals surface area contributed by atoms with E-state index < -0.39 is 29.2 Å². The third-order valence-corrected chi connectivity index (χ3v) is 7.72. The van der Waals surface area contributed by atoms with Crippen LogP contribution in [0.15, 0.2) is 59.3 Å². The highest BCUT2D eigenvalue weighted by atomic mass is 32.2. The molecule has 2 aromatic rings. The lowest BCUT2D eigenvalue weighted by atomic mass is 10.0. The van der Waals surface area contributed by atoms with Gasteiger partial charge in [-0.15, -0.1) is 11.8 Å². The molecule has 3 aliphatic rings. The van der Waals surface area contributed by atoms with E-state index in [4.69, 9.17) is 10.6 Å². The van der Waals surface area contributed by atoms with E-state index in [1.54, 1.807) is 0 Å². The number of thioether (sulfide) groups is 1. The molecule has 1 saturated carbocycles. The van der Waals surface area contributed by atoms with Crippen LogP contribution in [0.5, 0.6) is 0 Å². The van der Waals surface area contributed by atoms with Gasteiger partial charge in [-0.1, -0.05) is 11.2 Å². The molecule has 0 spiro atoms. The van der Waals surface area contributed by atoms with E-state index in [2.05, 4.69) is 20.4 Å². The molecule has 1 aliphatic carbocycles. The summed E-state index contributed by atoms with van der Waals surface area (Å²) in [7, 11) is 0. The van der Waals surface area contributed by atoms with Crippen molar-refractivity contribution < 1.29 is 28.9 Å². The van der Waals surface area contributed by atoms with E-state index in [1.807, 2.05) is 35.2 Å². The molecule has 192 valence electrons. The van der Waals surface area contributed by atoms with Gasteiger partial charge in [-0.05, 0) is 31.7 Å². The average molecular weight is 524 g/mol. The largest absolute Gasteiger partial charge is 0.543 e. The van der Waals surface area contributed by atoms with Crippen LogP contribution in [0.2, 0.25) is 0 Å². The fourth-order valence-corrected chi connectivity index (χ4v) is 5.89. The number of hydrogen-bond acceptors (Lipinski definition) is 10. The monoisotopic (exact) mass is 523 g/mol. The molecule has 12 nitrogen and oxygen atoms in total. The van der Waals surface area contributed by atoms with E-state index in [0.717, 1.165) is 25.7 Å². The molecule has 4 heterocycles. The number of aliphatic carboxylic acids is 1. The topological polar surface area (TPSA) is 167 Å². The van der Waals surface area contributed by atoms with Gasteiger partial charge in [0.15, 0.2) is 24.8 Å². The van der Waals surface area contributed by atoms with Gasteiger partial charge in [-0.2, -0.15) is 0 Å². The number of oxime groups is 1. The highest BCUT2D eigenvalue weighted by molar-refractivity contribution is 8.00. The minimum Gasteiger partial charge on any atom is -0.543 e. The van der Waals surface area contributed by atoms with Crippen LogP contribution in [0.25, 0.3) is 0 Å². The second-order valence-corrected chi connectivity index (χ2v) is 10.0. The van der Waals surface area contributed by atoms with Gasteiger partial charge in [0.05, 0.1) is 11.7 Å². The van der Waals surface area contributed by atoms with Crippen molar-refractivity contribution >= 4 is 41.1 Å². The van der Waals surface area contributed by atoms with Crippen LogP contribution >= 0.6 is 11.8 Å². The zero-order valence-corrected chi connectivity index (χ0v) is 20.6. The summed E-state index contributed by atoms with van der Waals surface area (Å²) in [6, 6.07) is 6.03. The normalized spacial score (nSPS) is 21.9. The Morgan fingerprint density at radius 3 is 2.73 bits per heavy atom. The Morgan fingerprint density at radius 1 is 1.27 bits per heavy atom. The molecule has 2 fully saturated rings. The number of carboxylic acids is 1. The average Bonchev–Trinajstić information content (AvgIpc) is 3.41. The number of aromatic nitrogens is 3. The predicted molar refractivity (Wildman–Crippen MR) is 130 cm³/mol. The lowest BCUT2D eigenvalue weighted by molar-refractivity contribution is -0.689. The SMILES string of the molecule is Nc1ccnc(C(=NOC2CCCC2)C(=O)NC2C(=O)N3C(C(=O)[O-])=C(C[n+]4ccccc4)CS[C@H]23)n1. The number of pyridine rings is 1. The molecule has 37 heavy (non-hydrogen) atoms. The molecular weight excluding hydrogens is 498 g/mol. The number of nitrogens with zero attached hydrogens (tertiary/aromatic N) is 5. The minimum atomic E-state index is -1.43. The number of nitrogens with one attached hydrogen (secondary N) is 1. The molecular formula is C24H25N7O5S. The fraction of sp³-hybridized carbons (Fsp3) is 0.375. The van der Waals surface area contributed by atoms with E-state index in [-0.39, 0.29) is 29.2 Å². The standard InChI is InChI=1S/C24H25N7O5S/c25-16-8-9-26-20(27-16)17(29-36-15-6-2-3-7-15)21(32)28-18-22(33)31-19(24(34)35)14(13-37-23(18)31)12-30-10-4-1-5-11-30/h1,4-5,8-11,15,18,23H,2-3,6-7,12-13H2,(H3-,25,26,27,28,32,34,35)/t18?,23-/m1/s1. The van der Waals surface area contributed by atoms with E-state index in [1.165, 1.54) is 28.9 Å². The van der Waals surface area contributed by atoms with Gasteiger partial charge in [-0.25, -0.2) is 14.5 Å². The van der Waals surface area contributed by atoms with Crippen molar-refractivity contribution in [2.24, 2.45) is 5.16 Å². The van der Waals surface area contributed by atoms with Gasteiger partial charge in [0, 0.05) is 29.7 Å². The molecule has 0 bridgehead atoms. The summed E-state index contributed by atoms with van der Waals surface area (Å²) in [4.78, 5) is 53.2. The summed E-state index contributed by atoms with van der Waals surface area (Å²) >= 11 is 1.36. The summed E-state index contributed by atoms with van der Waals surface area (Å²) < 4.78 is 1.82. The van der Waals surface area contributed by atoms with Crippen LogP contribution in [-0.2, 0) is 25.8 Å². The number of amides is 2. The maximum absolute atomic E-state index is 13.2. The number of carboxylic acid groups (broad SMARTS) is 1. The van der Waals surface area contributed by atoms with Crippen LogP contribution in [0, 0.1) is 0 Å². The van der Waals surface area contributed by atoms with E-state index in [9.17, 15) is 19.5 Å². The van der Waals surface area contributed by atoms with Crippen LogP contribution in [0.1, 0.15) is 31.5 Å². The van der Waals surface area contributed by atoms with Crippen LogP contribution in [0.3, 0.4) is 0 Å². The van der Waals surface area contributed by atoms with Crippen molar-refractivity contribution in [1.82, 2.24) is 20.2 Å². The second kappa shape index (κ2) is 10.5. The Labute approximate surface area is 216 Å². The highest BCUT2D eigenvalue weighted by Gasteiger charge is 2.53. The molecule has 5 rings (SSSR count). The van der Waals surface area contributed by atoms with Crippen molar-refractivity contribution in [2.75, 3.05) is 11.5 Å². The lowest BCUT2D eigenvalue weighted by Crippen LogP contribution is -2.71. The Balaban J connectivity index is 1.35. The first-order valence-electron chi connectivity index (χ1n) is 11.9. The summed E-state index contributed by atoms with van der Waals surface area (Å²) in [5, 5.41) is 18.1. The van der Waals surface area contributed by atoms with Crippen LogP contribution < -0.4 is 20.7 Å². The van der Waals surface area contributed by atoms with Crippen molar-refractivity contribution in [3.05, 3.63) is 60.0 Å². The van der Waals surface area contributed by atoms with Gasteiger partial charge < -0.3 is 25.8 Å². The van der Waals surface area contributed by atoms with Gasteiger partial charge >= 0.3 is 0 Å². The van der Waals surface area contributed by atoms with Crippen LogP contribution in [-0.4, -0.2) is 61.6 Å². The molecule has 13 heteroatoms. The maximum atomic E-state index is 13.2. The van der Waals surface area contributed by atoms with Crippen molar-refractivity contribution in [2.45, 2.75) is 49.7 Å². The number of carbonyl (C=O) groups excluding carboxylic acids is 3. The Morgan fingerprint density at radius 2 is 2.03 bits per heavy atom. The number of anilines is 1. The number of rotatable bonds is 8. The summed E-state index contributed by atoms with van der Waals surface area (Å²) in [5.41, 5.74) is 5.95. The maximum Gasteiger partial charge on any atom is 0.278 e. The Kier molecular flexibility index (Phi) is 7.04. The number of carbonyl (C=O) groups is 3. The number of hydrogen-bond donors (Lipinski definition) is 2. The molecule has 2 amide bonds. The zero-order chi connectivity index (χ0) is 25.9. The summed E-state index contributed by atoms with van der Waals surface area (Å²) in [6.45, 7) is 0.298. The van der Waals surface area contributed by atoms with E-state index in [0.29, 0.717) is 17.9 Å². The molecule has 3 N–H and O–H groups in total. The predicted octanol–water partition coefficient (Wildman–Crippen LogP) is -0.886. The quantitative estimate of drug-likeness (QED) is 0.193. The number of nitrogens with two attached hydrogens (primary N) is 1. The highest BCUT2D eigenvalue weighted by Crippen LogP contribution is 2.40. The van der Waals surface area contributed by atoms with Gasteiger partial charge in [0.1, 0.15) is 23.3 Å². The first kappa shape index (κ1) is 24.7. The Bertz CT molecular complexity index is 1280. The third kappa shape index (κ3) is 5.12. The molecule has 2 aliphatic heterocycles. The summed E-state index contributed by atoms with van der Waals surface area (Å²) in [5.74, 6) is -2.23. The smallest absolute Gasteiger partial charge is 0.278 e. The molecule has 1 unspecified atom stereocenters. The number of nitrogen functional groups attached to an aromatic ring is 1. The number of β-lactam (4-membered cyclic amide) rings is 1. The minimum absolute atomic E-state index is 0.0343. The third-order valence-electron chi connectivity index (χ3n) is 6.38. The molecule has 0 radical (unpaired) electrons. The molecule has 2 aromatic heterocycles. The van der Waals surface area contributed by atoms with Gasteiger partial charge in [-0.3, -0.25) is 14.5 Å². The number of fused-ring (bicyclic) bond motifs is 1. The first-order chi connectivity index (χ1) is 17.9. The van der Waals surface area contributed by atoms with Gasteiger partial charge in [0.2, 0.25) is 5.71 Å². The molecule has 0 aromatic carbocycles. The zero-order valence-electron chi connectivity index (χ0n) is 19.8. The second-order valence-electron chi connectivity index (χ2n) is 8.91. The fourth-order valence-electron chi connectivity index (χ4n) is 4.55. The van der Waals surface area contributed by atoms with Crippen LogP contribution in [0.4, 0.5) is 5.82 Å². The van der Waals surface area contributed by atoms with Crippen molar-refractivity contribution in [3.8, 4) is 0 Å². The van der Waals surface area contributed by atoms with Crippen molar-refractivity contribution in [1.29, 1.82) is 0 Å². The Hall–Kier alpha value is -4.00. The summed E-state index contributed by atoms with van der Waals surface area (Å²) in [6.07, 6.45) is 8.58. The van der Waals surface area contributed by atoms with Crippen molar-refractivity contribution in [3.63, 3.8) is 0 Å².